The van der Waals surface area contributed by atoms with Crippen LogP contribution in [0.3, 0.4) is 0 Å². The van der Waals surface area contributed by atoms with Crippen LogP contribution in [0, 0.1) is 0 Å². The number of carbonyl (C=O) groups is 2. The first-order valence-corrected chi connectivity index (χ1v) is 5.89. The highest BCUT2D eigenvalue weighted by Gasteiger charge is 2.15. The Hall–Kier alpha value is -1.86. The second-order valence-corrected chi connectivity index (χ2v) is 3.73. The van der Waals surface area contributed by atoms with Crippen molar-refractivity contribution in [2.75, 3.05) is 26.4 Å². The number of ether oxygens (including phenoxy) is 3. The number of carboxylic acid groups (broad SMARTS) is 1. The monoisotopic (exact) mass is 271 g/mol. The third-order valence-electron chi connectivity index (χ3n) is 2.31. The van der Waals surface area contributed by atoms with Crippen molar-refractivity contribution >= 4 is 12.1 Å². The van der Waals surface area contributed by atoms with Crippen LogP contribution in [0.15, 0.2) is 23.5 Å². The average molecular weight is 271 g/mol. The van der Waals surface area contributed by atoms with Crippen LogP contribution < -0.4 is 5.73 Å². The predicted molar refractivity (Wildman–Crippen MR) is 65.3 cm³/mol. The highest BCUT2D eigenvalue weighted by molar-refractivity contribution is 5.87. The minimum atomic E-state index is -0.963. The maximum absolute atomic E-state index is 11.3. The van der Waals surface area contributed by atoms with Gasteiger partial charge in [-0.3, -0.25) is 0 Å². The molecule has 0 aliphatic heterocycles. The lowest BCUT2D eigenvalue weighted by molar-refractivity contribution is -0.132. The normalized spacial score (nSPS) is 14.4. The molecular formula is C12H17NO6. The number of hydrogen-bond acceptors (Lipinski definition) is 6. The van der Waals surface area contributed by atoms with Crippen LogP contribution in [0.2, 0.25) is 0 Å². The zero-order valence-electron chi connectivity index (χ0n) is 10.5. The molecule has 0 aromatic heterocycles. The number of aliphatic carboxylic acids is 1. The molecule has 0 atom stereocenters. The molecule has 3 N–H and O–H groups in total. The summed E-state index contributed by atoms with van der Waals surface area (Å²) in [7, 11) is 0. The highest BCUT2D eigenvalue weighted by Crippen LogP contribution is 2.19. The Bertz CT molecular complexity index is 388. The van der Waals surface area contributed by atoms with Crippen LogP contribution in [0.5, 0.6) is 0 Å². The van der Waals surface area contributed by atoms with E-state index in [1.54, 1.807) is 0 Å². The van der Waals surface area contributed by atoms with Crippen LogP contribution in [0.4, 0.5) is 4.79 Å². The maximum Gasteiger partial charge on any atom is 0.513 e. The lowest BCUT2D eigenvalue weighted by atomic mass is 10.0. The SMILES string of the molecule is NCCOCCOC(=O)OC1=CC=C(C(=O)O)CC1. The summed E-state index contributed by atoms with van der Waals surface area (Å²) >= 11 is 0. The van der Waals surface area contributed by atoms with E-state index in [9.17, 15) is 9.59 Å². The first-order chi connectivity index (χ1) is 9.13. The topological polar surface area (TPSA) is 108 Å². The van der Waals surface area contributed by atoms with Gasteiger partial charge in [-0.15, -0.1) is 0 Å². The van der Waals surface area contributed by atoms with E-state index in [0.29, 0.717) is 31.8 Å². The smallest absolute Gasteiger partial charge is 0.478 e. The van der Waals surface area contributed by atoms with Gasteiger partial charge in [0.15, 0.2) is 0 Å². The first-order valence-electron chi connectivity index (χ1n) is 5.89. The third kappa shape index (κ3) is 6.03. The Labute approximate surface area is 110 Å². The molecule has 0 unspecified atom stereocenters. The molecule has 0 radical (unpaired) electrons. The van der Waals surface area contributed by atoms with Crippen LogP contribution in [0.25, 0.3) is 0 Å². The molecule has 7 nitrogen and oxygen atoms in total. The van der Waals surface area contributed by atoms with Crippen molar-refractivity contribution < 1.29 is 28.9 Å². The summed E-state index contributed by atoms with van der Waals surface area (Å²) in [5, 5.41) is 8.74. The van der Waals surface area contributed by atoms with Crippen molar-refractivity contribution in [1.29, 1.82) is 0 Å². The van der Waals surface area contributed by atoms with Crippen molar-refractivity contribution in [3.8, 4) is 0 Å². The van der Waals surface area contributed by atoms with Gasteiger partial charge >= 0.3 is 12.1 Å². The Morgan fingerprint density at radius 3 is 2.58 bits per heavy atom. The molecule has 0 saturated heterocycles. The van der Waals surface area contributed by atoms with Gasteiger partial charge in [0.1, 0.15) is 12.4 Å². The molecule has 1 aliphatic rings. The lowest BCUT2D eigenvalue weighted by Gasteiger charge is -2.12. The van der Waals surface area contributed by atoms with Crippen LogP contribution in [0.1, 0.15) is 12.8 Å². The van der Waals surface area contributed by atoms with Crippen LogP contribution >= 0.6 is 0 Å². The number of allylic oxidation sites excluding steroid dienone is 3. The molecule has 0 spiro atoms. The summed E-state index contributed by atoms with van der Waals surface area (Å²) in [5.74, 6) is -0.576. The highest BCUT2D eigenvalue weighted by atomic mass is 16.7. The minimum Gasteiger partial charge on any atom is -0.478 e. The van der Waals surface area contributed by atoms with Gasteiger partial charge in [-0.05, 0) is 18.6 Å². The fourth-order valence-corrected chi connectivity index (χ4v) is 1.39. The second-order valence-electron chi connectivity index (χ2n) is 3.73. The summed E-state index contributed by atoms with van der Waals surface area (Å²) in [6, 6.07) is 0. The summed E-state index contributed by atoms with van der Waals surface area (Å²) in [6.45, 7) is 1.17. The molecule has 0 aromatic carbocycles. The van der Waals surface area contributed by atoms with Gasteiger partial charge in [-0.1, -0.05) is 0 Å². The van der Waals surface area contributed by atoms with Gasteiger partial charge < -0.3 is 25.1 Å². The number of carboxylic acids is 1. The van der Waals surface area contributed by atoms with Crippen molar-refractivity contribution in [3.63, 3.8) is 0 Å². The van der Waals surface area contributed by atoms with Gasteiger partial charge in [-0.2, -0.15) is 0 Å². The van der Waals surface area contributed by atoms with Gasteiger partial charge in [0, 0.05) is 18.5 Å². The van der Waals surface area contributed by atoms with Crippen LogP contribution in [-0.2, 0) is 19.0 Å². The van der Waals surface area contributed by atoms with Gasteiger partial charge in [0.25, 0.3) is 0 Å². The van der Waals surface area contributed by atoms with Crippen LogP contribution in [-0.4, -0.2) is 43.6 Å². The summed E-state index contributed by atoms with van der Waals surface area (Å²) in [5.41, 5.74) is 5.50. The van der Waals surface area contributed by atoms with Crippen molar-refractivity contribution in [1.82, 2.24) is 0 Å². The molecule has 19 heavy (non-hydrogen) atoms. The zero-order chi connectivity index (χ0) is 14.1. The molecule has 1 aliphatic carbocycles. The van der Waals surface area contributed by atoms with E-state index in [2.05, 4.69) is 0 Å². The van der Waals surface area contributed by atoms with E-state index < -0.39 is 12.1 Å². The van der Waals surface area contributed by atoms with Crippen molar-refractivity contribution in [2.24, 2.45) is 5.73 Å². The Morgan fingerprint density at radius 2 is 2.00 bits per heavy atom. The Morgan fingerprint density at radius 1 is 1.21 bits per heavy atom. The van der Waals surface area contributed by atoms with Gasteiger partial charge in [-0.25, -0.2) is 9.59 Å². The molecule has 0 heterocycles. The predicted octanol–water partition coefficient (Wildman–Crippen LogP) is 0.804. The Kier molecular flexibility index (Phi) is 6.62. The number of carbonyl (C=O) groups excluding carboxylic acids is 1. The third-order valence-corrected chi connectivity index (χ3v) is 2.31. The summed E-state index contributed by atoms with van der Waals surface area (Å²) in [6.07, 6.45) is 2.73. The van der Waals surface area contributed by atoms with Gasteiger partial charge in [0.05, 0.1) is 13.2 Å². The molecule has 0 amide bonds. The number of hydrogen-bond donors (Lipinski definition) is 2. The zero-order valence-corrected chi connectivity index (χ0v) is 10.5. The van der Waals surface area contributed by atoms with Gasteiger partial charge in [0.2, 0.25) is 0 Å². The second kappa shape index (κ2) is 8.28. The molecule has 0 fully saturated rings. The standard InChI is InChI=1S/C12H17NO6/c13-5-6-17-7-8-18-12(16)19-10-3-1-9(2-4-10)11(14)15/h1,3H,2,4-8,13H2,(H,14,15). The molecule has 106 valence electrons. The fourth-order valence-electron chi connectivity index (χ4n) is 1.39. The maximum atomic E-state index is 11.3. The average Bonchev–Trinajstić information content (AvgIpc) is 2.39. The van der Waals surface area contributed by atoms with E-state index in [1.165, 1.54) is 12.2 Å². The summed E-state index contributed by atoms with van der Waals surface area (Å²) < 4.78 is 14.7. The van der Waals surface area contributed by atoms with E-state index in [4.69, 9.17) is 25.1 Å². The first kappa shape index (κ1) is 15.2. The van der Waals surface area contributed by atoms with Crippen molar-refractivity contribution in [2.45, 2.75) is 12.8 Å². The molecule has 1 rings (SSSR count). The Balaban J connectivity index is 2.24. The largest absolute Gasteiger partial charge is 0.513 e. The quantitative estimate of drug-likeness (QED) is 0.520. The minimum absolute atomic E-state index is 0.0856. The number of rotatable bonds is 7. The molecule has 7 heteroatoms. The van der Waals surface area contributed by atoms with E-state index in [1.807, 2.05) is 0 Å². The van der Waals surface area contributed by atoms with E-state index in [-0.39, 0.29) is 18.8 Å². The molecule has 0 saturated carbocycles. The molecule has 0 bridgehead atoms. The van der Waals surface area contributed by atoms with Crippen molar-refractivity contribution in [3.05, 3.63) is 23.5 Å². The van der Waals surface area contributed by atoms with E-state index >= 15 is 0 Å². The number of nitrogens with two attached hydrogens (primary N) is 1. The fraction of sp³-hybridized carbons (Fsp3) is 0.500. The van der Waals surface area contributed by atoms with E-state index in [0.717, 1.165) is 0 Å². The molecule has 0 aromatic rings. The summed E-state index contributed by atoms with van der Waals surface area (Å²) in [4.78, 5) is 21.9. The molecular weight excluding hydrogens is 254 g/mol. The lowest BCUT2D eigenvalue weighted by Crippen LogP contribution is -2.15.